The molecule has 0 spiro atoms. The lowest BCUT2D eigenvalue weighted by Gasteiger charge is -2.01. The molecule has 0 atom stereocenters. The highest BCUT2D eigenvalue weighted by Crippen LogP contribution is 2.19. The molecule has 1 N–H and O–H groups in total. The van der Waals surface area contributed by atoms with Gasteiger partial charge in [0.05, 0.1) is 22.9 Å². The molecular weight excluding hydrogens is 253 g/mol. The van der Waals surface area contributed by atoms with Gasteiger partial charge in [0, 0.05) is 12.6 Å². The van der Waals surface area contributed by atoms with Crippen molar-refractivity contribution in [1.29, 1.82) is 0 Å². The Morgan fingerprint density at radius 1 is 1.53 bits per heavy atom. The van der Waals surface area contributed by atoms with Gasteiger partial charge in [-0.2, -0.15) is 0 Å². The summed E-state index contributed by atoms with van der Waals surface area (Å²) in [5.74, 6) is -0.714. The maximum Gasteiger partial charge on any atom is 0.272 e. The van der Waals surface area contributed by atoms with Crippen LogP contribution >= 0.6 is 0 Å². The van der Waals surface area contributed by atoms with Gasteiger partial charge < -0.3 is 5.32 Å². The summed E-state index contributed by atoms with van der Waals surface area (Å²) in [7, 11) is 0. The molecular formula is C11H12FN5O2. The number of nitrogens with one attached hydrogen (secondary N) is 1. The van der Waals surface area contributed by atoms with Gasteiger partial charge in [0.2, 0.25) is 0 Å². The number of hydrogen-bond donors (Lipinski definition) is 1. The summed E-state index contributed by atoms with van der Waals surface area (Å²) in [6, 6.07) is 3.39. The van der Waals surface area contributed by atoms with Gasteiger partial charge in [-0.05, 0) is 12.6 Å². The normalized spacial score (nSPS) is 10.6. The summed E-state index contributed by atoms with van der Waals surface area (Å²) in [6.45, 7) is 3.28. The largest absolute Gasteiger partial charge is 0.311 e. The Bertz CT molecular complexity index is 599. The molecule has 0 fully saturated rings. The first-order chi connectivity index (χ1) is 9.11. The Hall–Kier alpha value is -2.35. The lowest BCUT2D eigenvalue weighted by atomic mass is 10.2. The van der Waals surface area contributed by atoms with Crippen molar-refractivity contribution in [3.8, 4) is 5.69 Å². The van der Waals surface area contributed by atoms with Crippen LogP contribution in [0.1, 0.15) is 12.6 Å². The number of aromatic nitrogens is 3. The SMILES string of the molecule is CCNCc1cn(-c2ccc([N+](=O)[O-])cc2F)nn1. The smallest absolute Gasteiger partial charge is 0.272 e. The quantitative estimate of drug-likeness (QED) is 0.652. The van der Waals surface area contributed by atoms with E-state index in [-0.39, 0.29) is 11.4 Å². The van der Waals surface area contributed by atoms with E-state index in [9.17, 15) is 14.5 Å². The summed E-state index contributed by atoms with van der Waals surface area (Å²) in [4.78, 5) is 9.87. The summed E-state index contributed by atoms with van der Waals surface area (Å²) >= 11 is 0. The van der Waals surface area contributed by atoms with Crippen molar-refractivity contribution in [3.05, 3.63) is 46.0 Å². The first kappa shape index (κ1) is 13.1. The molecule has 0 radical (unpaired) electrons. The Balaban J connectivity index is 2.26. The molecule has 0 aliphatic rings. The van der Waals surface area contributed by atoms with Crippen molar-refractivity contribution in [2.45, 2.75) is 13.5 Å². The maximum absolute atomic E-state index is 13.7. The third-order valence-electron chi connectivity index (χ3n) is 2.49. The van der Waals surface area contributed by atoms with Crippen molar-refractivity contribution in [2.24, 2.45) is 0 Å². The average Bonchev–Trinajstić information content (AvgIpc) is 2.84. The number of nitro benzene ring substituents is 1. The summed E-state index contributed by atoms with van der Waals surface area (Å²) < 4.78 is 15.0. The molecule has 1 aromatic heterocycles. The number of nitro groups is 1. The van der Waals surface area contributed by atoms with Crippen LogP contribution in [0.3, 0.4) is 0 Å². The van der Waals surface area contributed by atoms with Gasteiger partial charge in [-0.3, -0.25) is 10.1 Å². The average molecular weight is 265 g/mol. The second kappa shape index (κ2) is 5.53. The van der Waals surface area contributed by atoms with Gasteiger partial charge in [0.25, 0.3) is 5.69 Å². The molecule has 8 heteroatoms. The highest BCUT2D eigenvalue weighted by atomic mass is 19.1. The van der Waals surface area contributed by atoms with E-state index in [2.05, 4.69) is 15.6 Å². The van der Waals surface area contributed by atoms with Gasteiger partial charge in [-0.15, -0.1) is 5.10 Å². The molecule has 2 aromatic rings. The van der Waals surface area contributed by atoms with Gasteiger partial charge in [-0.25, -0.2) is 9.07 Å². The monoisotopic (exact) mass is 265 g/mol. The van der Waals surface area contributed by atoms with E-state index in [0.29, 0.717) is 12.2 Å². The van der Waals surface area contributed by atoms with Crippen molar-refractivity contribution in [3.63, 3.8) is 0 Å². The van der Waals surface area contributed by atoms with Crippen LogP contribution in [-0.2, 0) is 6.54 Å². The first-order valence-electron chi connectivity index (χ1n) is 5.68. The predicted molar refractivity (Wildman–Crippen MR) is 65.4 cm³/mol. The molecule has 0 saturated heterocycles. The van der Waals surface area contributed by atoms with Crippen LogP contribution in [0, 0.1) is 15.9 Å². The zero-order chi connectivity index (χ0) is 13.8. The molecule has 0 bridgehead atoms. The second-order valence-corrected chi connectivity index (χ2v) is 3.83. The fraction of sp³-hybridized carbons (Fsp3) is 0.273. The lowest BCUT2D eigenvalue weighted by molar-refractivity contribution is -0.385. The third kappa shape index (κ3) is 2.91. The van der Waals surface area contributed by atoms with Crippen LogP contribution in [0.25, 0.3) is 5.69 Å². The van der Waals surface area contributed by atoms with E-state index < -0.39 is 10.7 Å². The number of non-ortho nitro benzene ring substituents is 1. The Kier molecular flexibility index (Phi) is 3.81. The van der Waals surface area contributed by atoms with E-state index in [1.54, 1.807) is 6.20 Å². The minimum atomic E-state index is -0.714. The number of halogens is 1. The maximum atomic E-state index is 13.7. The van der Waals surface area contributed by atoms with Crippen LogP contribution in [0.15, 0.2) is 24.4 Å². The number of rotatable bonds is 5. The number of benzene rings is 1. The predicted octanol–water partition coefficient (Wildman–Crippen LogP) is 1.42. The van der Waals surface area contributed by atoms with Crippen molar-refractivity contribution < 1.29 is 9.31 Å². The highest BCUT2D eigenvalue weighted by molar-refractivity contribution is 5.41. The van der Waals surface area contributed by atoms with Gasteiger partial charge in [-0.1, -0.05) is 12.1 Å². The lowest BCUT2D eigenvalue weighted by Crippen LogP contribution is -2.11. The van der Waals surface area contributed by atoms with E-state index in [1.165, 1.54) is 16.8 Å². The molecule has 100 valence electrons. The molecule has 0 saturated carbocycles. The van der Waals surface area contributed by atoms with E-state index in [4.69, 9.17) is 0 Å². The first-order valence-corrected chi connectivity index (χ1v) is 5.68. The topological polar surface area (TPSA) is 85.9 Å². The van der Waals surface area contributed by atoms with Crippen LogP contribution in [-0.4, -0.2) is 26.5 Å². The second-order valence-electron chi connectivity index (χ2n) is 3.83. The van der Waals surface area contributed by atoms with E-state index in [0.717, 1.165) is 12.6 Å². The van der Waals surface area contributed by atoms with Gasteiger partial charge in [0.1, 0.15) is 5.69 Å². The van der Waals surface area contributed by atoms with Crippen LogP contribution in [0.4, 0.5) is 10.1 Å². The van der Waals surface area contributed by atoms with Crippen LogP contribution in [0.2, 0.25) is 0 Å². The molecule has 0 unspecified atom stereocenters. The molecule has 1 heterocycles. The molecule has 0 aliphatic heterocycles. The third-order valence-corrected chi connectivity index (χ3v) is 2.49. The van der Waals surface area contributed by atoms with E-state index in [1.807, 2.05) is 6.92 Å². The Morgan fingerprint density at radius 2 is 2.32 bits per heavy atom. The van der Waals surface area contributed by atoms with Crippen LogP contribution in [0.5, 0.6) is 0 Å². The van der Waals surface area contributed by atoms with Crippen molar-refractivity contribution in [2.75, 3.05) is 6.54 Å². The van der Waals surface area contributed by atoms with Gasteiger partial charge >= 0.3 is 0 Å². The summed E-state index contributed by atoms with van der Waals surface area (Å²) in [5.41, 5.74) is 0.495. The van der Waals surface area contributed by atoms with Crippen molar-refractivity contribution in [1.82, 2.24) is 20.3 Å². The molecule has 7 nitrogen and oxygen atoms in total. The molecule has 0 amide bonds. The fourth-order valence-corrected chi connectivity index (χ4v) is 1.55. The van der Waals surface area contributed by atoms with Crippen LogP contribution < -0.4 is 5.32 Å². The van der Waals surface area contributed by atoms with Gasteiger partial charge in [0.15, 0.2) is 5.82 Å². The minimum Gasteiger partial charge on any atom is -0.311 e. The Labute approximate surface area is 108 Å². The Morgan fingerprint density at radius 3 is 2.95 bits per heavy atom. The standard InChI is InChI=1S/C11H12FN5O2/c1-2-13-6-8-7-16(15-14-8)11-4-3-9(17(18)19)5-10(11)12/h3-5,7,13H,2,6H2,1H3. The van der Waals surface area contributed by atoms with E-state index >= 15 is 0 Å². The summed E-state index contributed by atoms with van der Waals surface area (Å²) in [6.07, 6.45) is 1.58. The number of hydrogen-bond acceptors (Lipinski definition) is 5. The molecule has 0 aliphatic carbocycles. The number of nitrogens with zero attached hydrogens (tertiary/aromatic N) is 4. The minimum absolute atomic E-state index is 0.126. The molecule has 19 heavy (non-hydrogen) atoms. The highest BCUT2D eigenvalue weighted by Gasteiger charge is 2.13. The fourth-order valence-electron chi connectivity index (χ4n) is 1.55. The zero-order valence-electron chi connectivity index (χ0n) is 10.2. The molecule has 1 aromatic carbocycles. The summed E-state index contributed by atoms with van der Waals surface area (Å²) in [5, 5.41) is 21.3. The van der Waals surface area contributed by atoms with Crippen molar-refractivity contribution >= 4 is 5.69 Å². The zero-order valence-corrected chi connectivity index (χ0v) is 10.2. The molecule has 2 rings (SSSR count).